The molecule has 2 aromatic heterocycles. The summed E-state index contributed by atoms with van der Waals surface area (Å²) in [5, 5.41) is 11.8. The van der Waals surface area contributed by atoms with Gasteiger partial charge in [-0.2, -0.15) is 10.2 Å². The zero-order chi connectivity index (χ0) is 20.6. The minimum absolute atomic E-state index is 0.0967. The normalized spacial score (nSPS) is 11.9. The summed E-state index contributed by atoms with van der Waals surface area (Å²) in [6, 6.07) is 9.41. The molecule has 0 atom stereocenters. The van der Waals surface area contributed by atoms with Gasteiger partial charge in [-0.05, 0) is 17.7 Å². The van der Waals surface area contributed by atoms with Crippen molar-refractivity contribution in [2.75, 3.05) is 20.8 Å². The average molecular weight is 392 g/mol. The van der Waals surface area contributed by atoms with Crippen LogP contribution in [0.15, 0.2) is 71.0 Å². The Kier molecular flexibility index (Phi) is 6.70. The number of hydrogen-bond donors (Lipinski definition) is 1. The number of aryl methyl sites for hydroxylation is 1. The van der Waals surface area contributed by atoms with Gasteiger partial charge in [0.15, 0.2) is 0 Å². The Bertz CT molecular complexity index is 1080. The minimum atomic E-state index is -0.0967. The van der Waals surface area contributed by atoms with Gasteiger partial charge in [0.25, 0.3) is 0 Å². The molecule has 1 aromatic carbocycles. The third-order valence-electron chi connectivity index (χ3n) is 4.23. The van der Waals surface area contributed by atoms with Crippen molar-refractivity contribution in [2.24, 2.45) is 12.0 Å². The Morgan fingerprint density at radius 2 is 2.21 bits per heavy atom. The molecule has 0 radical (unpaired) electrons. The fourth-order valence-corrected chi connectivity index (χ4v) is 2.82. The van der Waals surface area contributed by atoms with Gasteiger partial charge in [0.2, 0.25) is 5.43 Å². The number of rotatable bonds is 7. The number of nitrogens with one attached hydrogen (secondary N) is 1. The molecular weight excluding hydrogens is 368 g/mol. The van der Waals surface area contributed by atoms with Gasteiger partial charge in [0.1, 0.15) is 17.2 Å². The number of hydrogen-bond acceptors (Lipinski definition) is 5. The molecule has 0 bridgehead atoms. The molecular formula is C21H24N6O2. The molecule has 0 amide bonds. The third-order valence-corrected chi connectivity index (χ3v) is 4.23. The van der Waals surface area contributed by atoms with E-state index >= 15 is 0 Å². The van der Waals surface area contributed by atoms with E-state index in [2.05, 4.69) is 20.5 Å². The van der Waals surface area contributed by atoms with E-state index in [0.717, 1.165) is 22.6 Å². The number of ether oxygens (including phenoxy) is 1. The highest BCUT2D eigenvalue weighted by atomic mass is 16.5. The predicted molar refractivity (Wildman–Crippen MR) is 112 cm³/mol. The van der Waals surface area contributed by atoms with Crippen molar-refractivity contribution in [2.45, 2.75) is 6.42 Å². The van der Waals surface area contributed by atoms with Crippen molar-refractivity contribution < 1.29 is 4.74 Å². The standard InChI is InChI=1S/C21H24N6O2/c1-22-21(23-9-5-11-29-3)17-7-4-6-16(12-17)13-19-20(28)8-10-27(25-19)18-14-24-26(2)15-18/h4-10,12,14-15H,11,13H2,1-3H3,(H,22,23)/b9-5+. The number of aliphatic imine (C=N–C) groups is 1. The second-order valence-electron chi connectivity index (χ2n) is 6.39. The number of benzene rings is 1. The first kappa shape index (κ1) is 20.2. The lowest BCUT2D eigenvalue weighted by Crippen LogP contribution is -2.19. The van der Waals surface area contributed by atoms with Crippen LogP contribution >= 0.6 is 0 Å². The van der Waals surface area contributed by atoms with E-state index in [0.29, 0.717) is 18.7 Å². The smallest absolute Gasteiger partial charge is 0.203 e. The summed E-state index contributed by atoms with van der Waals surface area (Å²) >= 11 is 0. The zero-order valence-corrected chi connectivity index (χ0v) is 16.7. The number of methoxy groups -OCH3 is 1. The highest BCUT2D eigenvalue weighted by Gasteiger charge is 2.08. The summed E-state index contributed by atoms with van der Waals surface area (Å²) in [6.07, 6.45) is 9.28. The highest BCUT2D eigenvalue weighted by Crippen LogP contribution is 2.10. The molecule has 29 heavy (non-hydrogen) atoms. The van der Waals surface area contributed by atoms with Gasteiger partial charge < -0.3 is 10.1 Å². The topological polar surface area (TPSA) is 86.3 Å². The lowest BCUT2D eigenvalue weighted by molar-refractivity contribution is 0.233. The lowest BCUT2D eigenvalue weighted by Gasteiger charge is -2.09. The van der Waals surface area contributed by atoms with Gasteiger partial charge in [-0.3, -0.25) is 14.5 Å². The predicted octanol–water partition coefficient (Wildman–Crippen LogP) is 1.68. The van der Waals surface area contributed by atoms with Crippen molar-refractivity contribution in [3.63, 3.8) is 0 Å². The third kappa shape index (κ3) is 5.26. The molecule has 0 fully saturated rings. The van der Waals surface area contributed by atoms with Gasteiger partial charge in [-0.25, -0.2) is 4.68 Å². The molecule has 0 unspecified atom stereocenters. The van der Waals surface area contributed by atoms with Crippen LogP contribution in [0.1, 0.15) is 16.8 Å². The van der Waals surface area contributed by atoms with Crippen LogP contribution in [-0.4, -0.2) is 46.2 Å². The molecule has 0 saturated heterocycles. The first-order valence-electron chi connectivity index (χ1n) is 9.15. The summed E-state index contributed by atoms with van der Waals surface area (Å²) < 4.78 is 8.35. The van der Waals surface area contributed by atoms with Gasteiger partial charge in [-0.1, -0.05) is 18.2 Å². The molecule has 3 aromatic rings. The SMILES string of the molecule is CN=C(N/C=C/COC)c1cccc(Cc2nn(-c3cnn(C)c3)ccc2=O)c1. The van der Waals surface area contributed by atoms with E-state index in [1.807, 2.05) is 43.6 Å². The van der Waals surface area contributed by atoms with Gasteiger partial charge in [0.05, 0.1) is 19.0 Å². The maximum absolute atomic E-state index is 12.3. The number of nitrogens with zero attached hydrogens (tertiary/aromatic N) is 5. The van der Waals surface area contributed by atoms with Crippen molar-refractivity contribution in [3.8, 4) is 5.69 Å². The zero-order valence-electron chi connectivity index (χ0n) is 16.7. The van der Waals surface area contributed by atoms with Crippen molar-refractivity contribution >= 4 is 5.84 Å². The van der Waals surface area contributed by atoms with Crippen LogP contribution in [0, 0.1) is 0 Å². The fourth-order valence-electron chi connectivity index (χ4n) is 2.82. The summed E-state index contributed by atoms with van der Waals surface area (Å²) in [6.45, 7) is 0.521. The van der Waals surface area contributed by atoms with Crippen LogP contribution in [0.25, 0.3) is 5.69 Å². The van der Waals surface area contributed by atoms with Crippen LogP contribution in [0.5, 0.6) is 0 Å². The van der Waals surface area contributed by atoms with E-state index in [9.17, 15) is 4.79 Å². The molecule has 0 aliphatic heterocycles. The molecule has 2 heterocycles. The van der Waals surface area contributed by atoms with E-state index in [-0.39, 0.29) is 5.43 Å². The van der Waals surface area contributed by atoms with Crippen LogP contribution in [0.3, 0.4) is 0 Å². The first-order valence-corrected chi connectivity index (χ1v) is 9.15. The molecule has 150 valence electrons. The molecule has 0 saturated carbocycles. The summed E-state index contributed by atoms with van der Waals surface area (Å²) in [4.78, 5) is 16.6. The molecule has 3 rings (SSSR count). The Labute approximate surface area is 169 Å². The Hall–Kier alpha value is -3.52. The Morgan fingerprint density at radius 3 is 2.93 bits per heavy atom. The molecule has 0 aliphatic carbocycles. The largest absolute Gasteiger partial charge is 0.381 e. The average Bonchev–Trinajstić information content (AvgIpc) is 3.16. The first-order chi connectivity index (χ1) is 14.1. The number of aromatic nitrogens is 4. The summed E-state index contributed by atoms with van der Waals surface area (Å²) in [5.74, 6) is 0.730. The fraction of sp³-hybridized carbons (Fsp3) is 0.238. The van der Waals surface area contributed by atoms with E-state index in [1.54, 1.807) is 42.1 Å². The van der Waals surface area contributed by atoms with E-state index in [4.69, 9.17) is 4.74 Å². The van der Waals surface area contributed by atoms with Gasteiger partial charge in [0, 0.05) is 51.7 Å². The quantitative estimate of drug-likeness (QED) is 0.488. The lowest BCUT2D eigenvalue weighted by atomic mass is 10.1. The maximum atomic E-state index is 12.3. The van der Waals surface area contributed by atoms with Crippen molar-refractivity contribution in [1.82, 2.24) is 24.9 Å². The number of amidine groups is 1. The van der Waals surface area contributed by atoms with Gasteiger partial charge in [-0.15, -0.1) is 0 Å². The highest BCUT2D eigenvalue weighted by molar-refractivity contribution is 5.99. The van der Waals surface area contributed by atoms with Crippen LogP contribution in [0.2, 0.25) is 0 Å². The van der Waals surface area contributed by atoms with Crippen molar-refractivity contribution in [3.05, 3.63) is 88.2 Å². The second kappa shape index (κ2) is 9.61. The van der Waals surface area contributed by atoms with Gasteiger partial charge >= 0.3 is 0 Å². The second-order valence-corrected chi connectivity index (χ2v) is 6.39. The van der Waals surface area contributed by atoms with Crippen molar-refractivity contribution in [1.29, 1.82) is 0 Å². The van der Waals surface area contributed by atoms with Crippen LogP contribution < -0.4 is 10.7 Å². The Balaban J connectivity index is 1.82. The van der Waals surface area contributed by atoms with E-state index in [1.165, 1.54) is 6.07 Å². The minimum Gasteiger partial charge on any atom is -0.381 e. The van der Waals surface area contributed by atoms with Crippen LogP contribution in [0.4, 0.5) is 0 Å². The molecule has 0 spiro atoms. The molecule has 1 N–H and O–H groups in total. The monoisotopic (exact) mass is 392 g/mol. The van der Waals surface area contributed by atoms with E-state index < -0.39 is 0 Å². The molecule has 8 heteroatoms. The Morgan fingerprint density at radius 1 is 1.34 bits per heavy atom. The summed E-state index contributed by atoms with van der Waals surface area (Å²) in [5.41, 5.74) is 3.07. The summed E-state index contributed by atoms with van der Waals surface area (Å²) in [7, 11) is 5.21. The van der Waals surface area contributed by atoms with Crippen LogP contribution in [-0.2, 0) is 18.2 Å². The maximum Gasteiger partial charge on any atom is 0.203 e. The molecule has 0 aliphatic rings. The molecule has 8 nitrogen and oxygen atoms in total.